The summed E-state index contributed by atoms with van der Waals surface area (Å²) in [5.41, 5.74) is 3.66. The predicted octanol–water partition coefficient (Wildman–Crippen LogP) is 3.69. The highest BCUT2D eigenvalue weighted by Crippen LogP contribution is 2.19. The smallest absolute Gasteiger partial charge is 0.329 e. The molecule has 8 nitrogen and oxygen atoms in total. The van der Waals surface area contributed by atoms with Crippen molar-refractivity contribution in [3.05, 3.63) is 88.9 Å². The zero-order valence-electron chi connectivity index (χ0n) is 17.0. The third-order valence-corrected chi connectivity index (χ3v) is 4.49. The van der Waals surface area contributed by atoms with E-state index in [0.29, 0.717) is 22.0 Å². The normalized spacial score (nSPS) is 10.4. The highest BCUT2D eigenvalue weighted by Gasteiger charge is 2.17. The van der Waals surface area contributed by atoms with Crippen molar-refractivity contribution in [3.8, 4) is 5.75 Å². The third kappa shape index (κ3) is 5.93. The van der Waals surface area contributed by atoms with Gasteiger partial charge in [0.2, 0.25) is 0 Å². The number of carbonyl (C=O) groups is 3. The van der Waals surface area contributed by atoms with Crippen LogP contribution in [0.25, 0.3) is 0 Å². The lowest BCUT2D eigenvalue weighted by Gasteiger charge is -2.11. The molecule has 3 aromatic carbocycles. The van der Waals surface area contributed by atoms with Gasteiger partial charge >= 0.3 is 11.8 Å². The van der Waals surface area contributed by atoms with Gasteiger partial charge < -0.3 is 15.4 Å². The van der Waals surface area contributed by atoms with Crippen molar-refractivity contribution < 1.29 is 19.1 Å². The number of rotatable bonds is 6. The Morgan fingerprint density at radius 2 is 1.56 bits per heavy atom. The highest BCUT2D eigenvalue weighted by atomic mass is 35.5. The molecule has 0 heterocycles. The average Bonchev–Trinajstić information content (AvgIpc) is 2.81. The minimum Gasteiger partial charge on any atom is -0.496 e. The maximum Gasteiger partial charge on any atom is 0.329 e. The Morgan fingerprint density at radius 1 is 0.875 bits per heavy atom. The van der Waals surface area contributed by atoms with E-state index in [1.165, 1.54) is 25.5 Å². The van der Waals surface area contributed by atoms with Gasteiger partial charge in [0.25, 0.3) is 5.91 Å². The number of ether oxygens (including phenoxy) is 1. The van der Waals surface area contributed by atoms with Gasteiger partial charge in [0.15, 0.2) is 0 Å². The van der Waals surface area contributed by atoms with E-state index >= 15 is 0 Å². The van der Waals surface area contributed by atoms with Crippen molar-refractivity contribution in [3.63, 3.8) is 0 Å². The molecular weight excluding hydrogens is 432 g/mol. The summed E-state index contributed by atoms with van der Waals surface area (Å²) in [6, 6.07) is 19.9. The number of anilines is 2. The second kappa shape index (κ2) is 10.7. The van der Waals surface area contributed by atoms with E-state index in [2.05, 4.69) is 21.2 Å². The van der Waals surface area contributed by atoms with Gasteiger partial charge in [-0.25, -0.2) is 5.43 Å². The molecule has 3 aromatic rings. The Kier molecular flexibility index (Phi) is 7.55. The first-order valence-corrected chi connectivity index (χ1v) is 9.79. The molecule has 3 rings (SSSR count). The van der Waals surface area contributed by atoms with Gasteiger partial charge in [0, 0.05) is 16.3 Å². The van der Waals surface area contributed by atoms with Crippen molar-refractivity contribution in [2.24, 2.45) is 5.10 Å². The van der Waals surface area contributed by atoms with E-state index in [0.717, 1.165) is 0 Å². The molecule has 0 aliphatic carbocycles. The van der Waals surface area contributed by atoms with Gasteiger partial charge in [-0.3, -0.25) is 14.4 Å². The summed E-state index contributed by atoms with van der Waals surface area (Å²) in [4.78, 5) is 37.0. The third-order valence-electron chi connectivity index (χ3n) is 4.24. The molecule has 32 heavy (non-hydrogen) atoms. The summed E-state index contributed by atoms with van der Waals surface area (Å²) in [7, 11) is 1.51. The zero-order valence-corrected chi connectivity index (χ0v) is 17.7. The molecule has 0 saturated heterocycles. The maximum atomic E-state index is 12.6. The van der Waals surface area contributed by atoms with Crippen LogP contribution in [0.5, 0.6) is 5.75 Å². The van der Waals surface area contributed by atoms with Gasteiger partial charge in [-0.2, -0.15) is 5.10 Å². The highest BCUT2D eigenvalue weighted by molar-refractivity contribution is 6.40. The molecule has 0 unspecified atom stereocenters. The van der Waals surface area contributed by atoms with Gasteiger partial charge in [0.05, 0.1) is 24.6 Å². The number of amides is 3. The van der Waals surface area contributed by atoms with Crippen LogP contribution in [-0.2, 0) is 9.59 Å². The van der Waals surface area contributed by atoms with Crippen LogP contribution in [0.3, 0.4) is 0 Å². The molecule has 9 heteroatoms. The second-order valence-corrected chi connectivity index (χ2v) is 6.84. The fourth-order valence-corrected chi connectivity index (χ4v) is 2.81. The zero-order chi connectivity index (χ0) is 22.9. The number of methoxy groups -OCH3 is 1. The second-order valence-electron chi connectivity index (χ2n) is 6.40. The average molecular weight is 451 g/mol. The molecule has 0 aliphatic rings. The summed E-state index contributed by atoms with van der Waals surface area (Å²) < 4.78 is 5.19. The number of halogens is 1. The maximum absolute atomic E-state index is 12.6. The fraction of sp³-hybridized carbons (Fsp3) is 0.0435. The Labute approximate surface area is 189 Å². The van der Waals surface area contributed by atoms with Crippen LogP contribution in [0.4, 0.5) is 11.4 Å². The molecule has 0 radical (unpaired) electrons. The number of benzene rings is 3. The SMILES string of the molecule is COc1ccccc1/C=N/NC(=O)C(=O)Nc1ccccc1C(=O)Nc1ccc(Cl)cc1. The topological polar surface area (TPSA) is 109 Å². The number of hydrazone groups is 1. The molecule has 0 aromatic heterocycles. The molecule has 0 aliphatic heterocycles. The van der Waals surface area contributed by atoms with Crippen LogP contribution < -0.4 is 20.8 Å². The van der Waals surface area contributed by atoms with Gasteiger partial charge in [-0.15, -0.1) is 0 Å². The molecule has 162 valence electrons. The van der Waals surface area contributed by atoms with Crippen LogP contribution in [0, 0.1) is 0 Å². The number of para-hydroxylation sites is 2. The van der Waals surface area contributed by atoms with Crippen molar-refractivity contribution >= 4 is 46.9 Å². The van der Waals surface area contributed by atoms with E-state index < -0.39 is 17.7 Å². The summed E-state index contributed by atoms with van der Waals surface area (Å²) in [6.45, 7) is 0. The Bertz CT molecular complexity index is 1160. The minimum absolute atomic E-state index is 0.174. The lowest BCUT2D eigenvalue weighted by molar-refractivity contribution is -0.136. The summed E-state index contributed by atoms with van der Waals surface area (Å²) >= 11 is 5.85. The quantitative estimate of drug-likeness (QED) is 0.302. The van der Waals surface area contributed by atoms with Gasteiger partial charge in [-0.1, -0.05) is 35.9 Å². The monoisotopic (exact) mass is 450 g/mol. The molecule has 3 amide bonds. The van der Waals surface area contributed by atoms with E-state index in [1.807, 2.05) is 0 Å². The van der Waals surface area contributed by atoms with Crippen LogP contribution in [0.2, 0.25) is 5.02 Å². The van der Waals surface area contributed by atoms with Crippen molar-refractivity contribution in [2.45, 2.75) is 0 Å². The van der Waals surface area contributed by atoms with E-state index in [9.17, 15) is 14.4 Å². The minimum atomic E-state index is -0.996. The Hall–Kier alpha value is -4.17. The number of hydrogen-bond acceptors (Lipinski definition) is 5. The van der Waals surface area contributed by atoms with E-state index in [4.69, 9.17) is 16.3 Å². The first-order valence-electron chi connectivity index (χ1n) is 9.41. The number of carbonyl (C=O) groups excluding carboxylic acids is 3. The van der Waals surface area contributed by atoms with Crippen molar-refractivity contribution in [1.82, 2.24) is 5.43 Å². The van der Waals surface area contributed by atoms with Crippen LogP contribution >= 0.6 is 11.6 Å². The van der Waals surface area contributed by atoms with Gasteiger partial charge in [0.1, 0.15) is 5.75 Å². The lowest BCUT2D eigenvalue weighted by Crippen LogP contribution is -2.33. The molecule has 0 saturated carbocycles. The molecular formula is C23H19ClN4O4. The largest absolute Gasteiger partial charge is 0.496 e. The summed E-state index contributed by atoms with van der Waals surface area (Å²) in [6.07, 6.45) is 1.36. The van der Waals surface area contributed by atoms with Crippen LogP contribution in [0.1, 0.15) is 15.9 Å². The predicted molar refractivity (Wildman–Crippen MR) is 123 cm³/mol. The lowest BCUT2D eigenvalue weighted by atomic mass is 10.1. The Morgan fingerprint density at radius 3 is 2.31 bits per heavy atom. The number of nitrogens with one attached hydrogen (secondary N) is 3. The van der Waals surface area contributed by atoms with E-state index in [1.54, 1.807) is 60.7 Å². The molecule has 0 fully saturated rings. The standard InChI is InChI=1S/C23H19ClN4O4/c1-32-20-9-5-2-6-15(20)14-25-28-23(31)22(30)27-19-8-4-3-7-18(19)21(29)26-17-12-10-16(24)11-13-17/h2-14H,1H3,(H,26,29)(H,27,30)(H,28,31)/b25-14+. The number of nitrogens with zero attached hydrogens (tertiary/aromatic N) is 1. The first kappa shape index (κ1) is 22.5. The Balaban J connectivity index is 1.64. The van der Waals surface area contributed by atoms with Crippen LogP contribution in [-0.4, -0.2) is 31.0 Å². The summed E-state index contributed by atoms with van der Waals surface area (Å²) in [5.74, 6) is -1.87. The molecule has 3 N–H and O–H groups in total. The first-order chi connectivity index (χ1) is 15.5. The van der Waals surface area contributed by atoms with Gasteiger partial charge in [-0.05, 0) is 48.5 Å². The van der Waals surface area contributed by atoms with E-state index in [-0.39, 0.29) is 11.3 Å². The van der Waals surface area contributed by atoms with Crippen LogP contribution in [0.15, 0.2) is 77.9 Å². The van der Waals surface area contributed by atoms with Crippen molar-refractivity contribution in [1.29, 1.82) is 0 Å². The summed E-state index contributed by atoms with van der Waals surface area (Å²) in [5, 5.41) is 9.45. The van der Waals surface area contributed by atoms with Crippen molar-refractivity contribution in [2.75, 3.05) is 17.7 Å². The molecule has 0 atom stereocenters. The fourth-order valence-electron chi connectivity index (χ4n) is 2.69. The molecule has 0 spiro atoms. The number of hydrogen-bond donors (Lipinski definition) is 3. The molecule has 0 bridgehead atoms.